The molecule has 7 heteroatoms. The summed E-state index contributed by atoms with van der Waals surface area (Å²) in [5.74, 6) is 0.619. The maximum Gasteiger partial charge on any atom is 0.221 e. The molecular formula is C18H18ClN3O2S. The molecule has 1 aliphatic rings. The number of rotatable bonds is 4. The lowest BCUT2D eigenvalue weighted by Crippen LogP contribution is -2.21. The number of nitrogens with one attached hydrogen (secondary N) is 1. The number of hydrogen-bond acceptors (Lipinski definition) is 4. The minimum absolute atomic E-state index is 0.0226. The number of carbonyl (C=O) groups is 1. The third-order valence-corrected chi connectivity index (χ3v) is 5.42. The maximum absolute atomic E-state index is 12.2. The lowest BCUT2D eigenvalue weighted by atomic mass is 9.91. The lowest BCUT2D eigenvalue weighted by molar-refractivity contribution is -0.121. The van der Waals surface area contributed by atoms with Crippen molar-refractivity contribution in [1.29, 1.82) is 0 Å². The number of fused-ring (bicyclic) bond motifs is 3. The second kappa shape index (κ2) is 6.69. The molecule has 0 saturated carbocycles. The third-order valence-electron chi connectivity index (χ3n) is 4.37. The first-order valence-electron chi connectivity index (χ1n) is 8.30. The van der Waals surface area contributed by atoms with Crippen molar-refractivity contribution in [3.63, 3.8) is 0 Å². The molecular weight excluding hydrogens is 358 g/mol. The van der Waals surface area contributed by atoms with Crippen LogP contribution in [0.1, 0.15) is 42.6 Å². The summed E-state index contributed by atoms with van der Waals surface area (Å²) in [4.78, 5) is 17.8. The average molecular weight is 376 g/mol. The zero-order valence-corrected chi connectivity index (χ0v) is 15.4. The van der Waals surface area contributed by atoms with Crippen LogP contribution in [0.2, 0.25) is 5.02 Å². The van der Waals surface area contributed by atoms with Gasteiger partial charge in [0.1, 0.15) is 5.75 Å². The highest BCUT2D eigenvalue weighted by Crippen LogP contribution is 2.37. The van der Waals surface area contributed by atoms with Crippen LogP contribution >= 0.6 is 22.9 Å². The molecule has 1 atom stereocenters. The quantitative estimate of drug-likeness (QED) is 0.750. The van der Waals surface area contributed by atoms with E-state index in [2.05, 4.69) is 21.6 Å². The number of amides is 1. The van der Waals surface area contributed by atoms with Gasteiger partial charge in [0.15, 0.2) is 4.96 Å². The van der Waals surface area contributed by atoms with Gasteiger partial charge < -0.3 is 10.1 Å². The fourth-order valence-electron chi connectivity index (χ4n) is 3.22. The van der Waals surface area contributed by atoms with Gasteiger partial charge in [0.05, 0.1) is 29.6 Å². The van der Waals surface area contributed by atoms with Crippen LogP contribution in [-0.2, 0) is 11.3 Å². The number of benzene rings is 1. The van der Waals surface area contributed by atoms with E-state index in [4.69, 9.17) is 16.3 Å². The summed E-state index contributed by atoms with van der Waals surface area (Å²) >= 11 is 8.01. The van der Waals surface area contributed by atoms with Crippen molar-refractivity contribution < 1.29 is 9.53 Å². The molecule has 0 radical (unpaired) electrons. The Bertz CT molecular complexity index is 934. The van der Waals surface area contributed by atoms with Gasteiger partial charge in [-0.2, -0.15) is 0 Å². The number of imidazole rings is 1. The van der Waals surface area contributed by atoms with E-state index in [0.717, 1.165) is 28.3 Å². The summed E-state index contributed by atoms with van der Waals surface area (Å²) in [5.41, 5.74) is 2.98. The van der Waals surface area contributed by atoms with Crippen LogP contribution in [-0.4, -0.2) is 21.9 Å². The second-order valence-electron chi connectivity index (χ2n) is 6.07. The number of halogens is 1. The zero-order chi connectivity index (χ0) is 17.4. The maximum atomic E-state index is 12.2. The molecule has 1 unspecified atom stereocenters. The summed E-state index contributed by atoms with van der Waals surface area (Å²) in [6.07, 6.45) is 3.31. The fraction of sp³-hybridized carbons (Fsp3) is 0.333. The van der Waals surface area contributed by atoms with Crippen LogP contribution in [0.3, 0.4) is 0 Å². The zero-order valence-electron chi connectivity index (χ0n) is 13.8. The fourth-order valence-corrected chi connectivity index (χ4v) is 4.21. The first-order chi connectivity index (χ1) is 12.2. The summed E-state index contributed by atoms with van der Waals surface area (Å²) in [7, 11) is 0. The monoisotopic (exact) mass is 375 g/mol. The Kier molecular flexibility index (Phi) is 4.39. The van der Waals surface area contributed by atoms with Crippen molar-refractivity contribution in [3.05, 3.63) is 51.7 Å². The highest BCUT2D eigenvalue weighted by molar-refractivity contribution is 7.15. The largest absolute Gasteiger partial charge is 0.492 e. The third kappa shape index (κ3) is 3.00. The highest BCUT2D eigenvalue weighted by Gasteiger charge is 2.29. The molecule has 1 aliphatic heterocycles. The molecule has 4 rings (SSSR count). The van der Waals surface area contributed by atoms with E-state index in [1.165, 1.54) is 0 Å². The van der Waals surface area contributed by atoms with E-state index in [1.807, 2.05) is 29.8 Å². The molecule has 1 amide bonds. The topological polar surface area (TPSA) is 55.6 Å². The lowest BCUT2D eigenvalue weighted by Gasteiger charge is -2.17. The standard InChI is InChI=1S/C18H18ClN3O2S/c1-2-6-24-15-4-3-11(8-13(15)19)12-9-16(23)20-10-14-17(12)22-5-7-25-18(22)21-14/h3-5,7-8,12H,2,6,9-10H2,1H3,(H,20,23). The summed E-state index contributed by atoms with van der Waals surface area (Å²) < 4.78 is 7.74. The van der Waals surface area contributed by atoms with Gasteiger partial charge in [0.25, 0.3) is 0 Å². The minimum Gasteiger partial charge on any atom is -0.492 e. The second-order valence-corrected chi connectivity index (χ2v) is 7.35. The first-order valence-corrected chi connectivity index (χ1v) is 9.56. The Morgan fingerprint density at radius 1 is 1.48 bits per heavy atom. The molecule has 0 fully saturated rings. The number of thiazole rings is 1. The molecule has 1 N–H and O–H groups in total. The van der Waals surface area contributed by atoms with Gasteiger partial charge in [-0.15, -0.1) is 11.3 Å². The number of nitrogens with zero attached hydrogens (tertiary/aromatic N) is 2. The minimum atomic E-state index is -0.0835. The van der Waals surface area contributed by atoms with Crippen LogP contribution in [0.5, 0.6) is 5.75 Å². The van der Waals surface area contributed by atoms with Crippen molar-refractivity contribution in [1.82, 2.24) is 14.7 Å². The van der Waals surface area contributed by atoms with Gasteiger partial charge in [-0.25, -0.2) is 4.98 Å². The van der Waals surface area contributed by atoms with Gasteiger partial charge in [0, 0.05) is 23.9 Å². The van der Waals surface area contributed by atoms with E-state index < -0.39 is 0 Å². The molecule has 1 aromatic carbocycles. The van der Waals surface area contributed by atoms with E-state index in [0.29, 0.717) is 30.3 Å². The molecule has 3 aromatic rings. The van der Waals surface area contributed by atoms with Crippen LogP contribution in [0.4, 0.5) is 0 Å². The molecule has 3 heterocycles. The Morgan fingerprint density at radius 2 is 2.36 bits per heavy atom. The van der Waals surface area contributed by atoms with Gasteiger partial charge in [-0.3, -0.25) is 9.20 Å². The van der Waals surface area contributed by atoms with Crippen molar-refractivity contribution in [2.24, 2.45) is 0 Å². The Hall–Kier alpha value is -2.05. The van der Waals surface area contributed by atoms with E-state index in [9.17, 15) is 4.79 Å². The SMILES string of the molecule is CCCOc1ccc(C2CC(=O)NCc3nc4sccn4c32)cc1Cl. The molecule has 0 spiro atoms. The number of hydrogen-bond donors (Lipinski definition) is 1. The van der Waals surface area contributed by atoms with Gasteiger partial charge in [-0.1, -0.05) is 24.6 Å². The molecule has 0 saturated heterocycles. The smallest absolute Gasteiger partial charge is 0.221 e. The van der Waals surface area contributed by atoms with Crippen molar-refractivity contribution in [3.8, 4) is 5.75 Å². The van der Waals surface area contributed by atoms with Gasteiger partial charge in [0.2, 0.25) is 5.91 Å². The predicted octanol–water partition coefficient (Wildman–Crippen LogP) is 3.99. The van der Waals surface area contributed by atoms with Crippen LogP contribution in [0.15, 0.2) is 29.8 Å². The van der Waals surface area contributed by atoms with Gasteiger partial charge in [-0.05, 0) is 24.1 Å². The summed E-state index contributed by atoms with van der Waals surface area (Å²) in [5, 5.41) is 5.52. The van der Waals surface area contributed by atoms with Crippen molar-refractivity contribution in [2.45, 2.75) is 32.2 Å². The van der Waals surface area contributed by atoms with Gasteiger partial charge >= 0.3 is 0 Å². The van der Waals surface area contributed by atoms with Crippen LogP contribution in [0.25, 0.3) is 4.96 Å². The summed E-state index contributed by atoms with van der Waals surface area (Å²) in [6, 6.07) is 5.79. The molecule has 130 valence electrons. The molecule has 0 bridgehead atoms. The predicted molar refractivity (Wildman–Crippen MR) is 98.6 cm³/mol. The summed E-state index contributed by atoms with van der Waals surface area (Å²) in [6.45, 7) is 3.15. The molecule has 25 heavy (non-hydrogen) atoms. The average Bonchev–Trinajstić information content (AvgIpc) is 3.13. The van der Waals surface area contributed by atoms with E-state index in [1.54, 1.807) is 11.3 Å². The number of aromatic nitrogens is 2. The van der Waals surface area contributed by atoms with E-state index in [-0.39, 0.29) is 11.8 Å². The van der Waals surface area contributed by atoms with Crippen LogP contribution in [0, 0.1) is 0 Å². The molecule has 0 aliphatic carbocycles. The van der Waals surface area contributed by atoms with E-state index >= 15 is 0 Å². The normalized spacial score (nSPS) is 17.2. The Balaban J connectivity index is 1.78. The first kappa shape index (κ1) is 16.4. The van der Waals surface area contributed by atoms with Crippen molar-refractivity contribution in [2.75, 3.05) is 6.61 Å². The number of carbonyl (C=O) groups excluding carboxylic acids is 1. The van der Waals surface area contributed by atoms with Crippen LogP contribution < -0.4 is 10.1 Å². The highest BCUT2D eigenvalue weighted by atomic mass is 35.5. The Labute approximate surface area is 154 Å². The number of ether oxygens (including phenoxy) is 1. The molecule has 5 nitrogen and oxygen atoms in total. The molecule has 2 aromatic heterocycles. The van der Waals surface area contributed by atoms with Crippen molar-refractivity contribution >= 4 is 33.8 Å². The Morgan fingerprint density at radius 3 is 3.16 bits per heavy atom.